The zero-order chi connectivity index (χ0) is 21.2. The lowest BCUT2D eigenvalue weighted by atomic mass is 10.2. The first-order valence-electron chi connectivity index (χ1n) is 10.5. The summed E-state index contributed by atoms with van der Waals surface area (Å²) in [5.41, 5.74) is 2.16. The molecule has 2 fully saturated rings. The third-order valence-electron chi connectivity index (χ3n) is 5.83. The number of nitrogens with zero attached hydrogens (tertiary/aromatic N) is 6. The van der Waals surface area contributed by atoms with Crippen LogP contribution in [0.15, 0.2) is 45.7 Å². The molecule has 2 aliphatic rings. The van der Waals surface area contributed by atoms with Gasteiger partial charge in [-0.05, 0) is 12.1 Å². The summed E-state index contributed by atoms with van der Waals surface area (Å²) in [6, 6.07) is 9.18. The number of fused-ring (bicyclic) bond motifs is 1. The molecule has 0 unspecified atom stereocenters. The number of hydrogen-bond acceptors (Lipinski definition) is 8. The van der Waals surface area contributed by atoms with Gasteiger partial charge >= 0.3 is 5.76 Å². The number of para-hydroxylation sites is 2. The Bertz CT molecular complexity index is 1130. The molecule has 0 radical (unpaired) electrons. The summed E-state index contributed by atoms with van der Waals surface area (Å²) < 4.78 is 12.0. The maximum atomic E-state index is 12.8. The highest BCUT2D eigenvalue weighted by Crippen LogP contribution is 2.21. The Morgan fingerprint density at radius 1 is 1.00 bits per heavy atom. The Balaban J connectivity index is 1.23. The van der Waals surface area contributed by atoms with Gasteiger partial charge in [-0.25, -0.2) is 4.79 Å². The van der Waals surface area contributed by atoms with E-state index in [0.29, 0.717) is 50.5 Å². The molecule has 0 saturated carbocycles. The van der Waals surface area contributed by atoms with Crippen LogP contribution in [0.3, 0.4) is 0 Å². The molecule has 2 saturated heterocycles. The van der Waals surface area contributed by atoms with Crippen LogP contribution in [0.25, 0.3) is 11.1 Å². The summed E-state index contributed by atoms with van der Waals surface area (Å²) >= 11 is 0. The zero-order valence-corrected chi connectivity index (χ0v) is 17.1. The van der Waals surface area contributed by atoms with Crippen LogP contribution in [0.2, 0.25) is 0 Å². The lowest BCUT2D eigenvalue weighted by Gasteiger charge is -2.36. The van der Waals surface area contributed by atoms with Crippen LogP contribution >= 0.6 is 0 Å². The topological polar surface area (TPSA) is 96.9 Å². The second-order valence-electron chi connectivity index (χ2n) is 7.66. The Hall–Kier alpha value is -3.40. The minimum atomic E-state index is -0.511. The molecule has 3 aromatic rings. The number of anilines is 2. The van der Waals surface area contributed by atoms with Gasteiger partial charge in [-0.1, -0.05) is 12.1 Å². The number of hydrogen-bond donors (Lipinski definition) is 0. The Morgan fingerprint density at radius 2 is 1.77 bits per heavy atom. The number of amides is 1. The SMILES string of the molecule is O=C(Cn1c(=O)oc2ccccc21)N1CCN(c2cc(N3CCOCC3)cnn2)CC1. The molecule has 2 aliphatic heterocycles. The van der Waals surface area contributed by atoms with E-state index in [-0.39, 0.29) is 12.5 Å². The lowest BCUT2D eigenvalue weighted by Crippen LogP contribution is -2.50. The molecule has 0 spiro atoms. The van der Waals surface area contributed by atoms with Gasteiger partial charge in [-0.3, -0.25) is 9.36 Å². The number of rotatable bonds is 4. The monoisotopic (exact) mass is 424 g/mol. The number of carbonyl (C=O) groups is 1. The van der Waals surface area contributed by atoms with Gasteiger partial charge in [-0.2, -0.15) is 5.10 Å². The Kier molecular flexibility index (Phi) is 5.29. The van der Waals surface area contributed by atoms with Gasteiger partial charge in [0, 0.05) is 45.3 Å². The van der Waals surface area contributed by atoms with Gasteiger partial charge in [0.15, 0.2) is 11.4 Å². The van der Waals surface area contributed by atoms with E-state index in [0.717, 1.165) is 24.6 Å². The highest BCUT2D eigenvalue weighted by atomic mass is 16.5. The van der Waals surface area contributed by atoms with Crippen LogP contribution in [-0.4, -0.2) is 78.1 Å². The number of oxazole rings is 1. The van der Waals surface area contributed by atoms with Crippen molar-refractivity contribution < 1.29 is 13.9 Å². The van der Waals surface area contributed by atoms with E-state index < -0.39 is 5.76 Å². The van der Waals surface area contributed by atoms with Crippen molar-refractivity contribution >= 4 is 28.5 Å². The van der Waals surface area contributed by atoms with Crippen LogP contribution in [0.4, 0.5) is 11.5 Å². The van der Waals surface area contributed by atoms with E-state index in [2.05, 4.69) is 20.0 Å². The van der Waals surface area contributed by atoms with Crippen molar-refractivity contribution in [2.45, 2.75) is 6.54 Å². The van der Waals surface area contributed by atoms with Crippen molar-refractivity contribution in [2.24, 2.45) is 0 Å². The highest BCUT2D eigenvalue weighted by molar-refractivity contribution is 5.79. The number of piperazine rings is 1. The first-order chi connectivity index (χ1) is 15.2. The third-order valence-corrected chi connectivity index (χ3v) is 5.83. The van der Waals surface area contributed by atoms with E-state index in [1.54, 1.807) is 29.3 Å². The number of aromatic nitrogens is 3. The number of carbonyl (C=O) groups excluding carboxylic acids is 1. The van der Waals surface area contributed by atoms with Gasteiger partial charge in [0.2, 0.25) is 5.91 Å². The molecule has 2 aromatic heterocycles. The van der Waals surface area contributed by atoms with Gasteiger partial charge in [-0.15, -0.1) is 5.10 Å². The average molecular weight is 424 g/mol. The second kappa shape index (κ2) is 8.38. The minimum absolute atomic E-state index is 0.0256. The van der Waals surface area contributed by atoms with E-state index >= 15 is 0 Å². The minimum Gasteiger partial charge on any atom is -0.408 e. The van der Waals surface area contributed by atoms with Crippen LogP contribution in [0.5, 0.6) is 0 Å². The Morgan fingerprint density at radius 3 is 2.58 bits per heavy atom. The molecular weight excluding hydrogens is 400 g/mol. The standard InChI is InChI=1S/C21H24N6O4/c28-20(15-27-17-3-1-2-4-18(17)31-21(27)29)26-7-5-25(6-8-26)19-13-16(14-22-23-19)24-9-11-30-12-10-24/h1-4,13-14H,5-12,15H2. The summed E-state index contributed by atoms with van der Waals surface area (Å²) in [4.78, 5) is 31.1. The predicted molar refractivity (Wildman–Crippen MR) is 114 cm³/mol. The lowest BCUT2D eigenvalue weighted by molar-refractivity contribution is -0.132. The summed E-state index contributed by atoms with van der Waals surface area (Å²) in [6.45, 7) is 5.54. The average Bonchev–Trinajstić information content (AvgIpc) is 3.15. The molecule has 4 heterocycles. The van der Waals surface area contributed by atoms with Crippen LogP contribution in [0.1, 0.15) is 0 Å². The smallest absolute Gasteiger partial charge is 0.408 e. The molecule has 162 valence electrons. The number of morpholine rings is 1. The normalized spacial score (nSPS) is 17.4. The maximum Gasteiger partial charge on any atom is 0.420 e. The van der Waals surface area contributed by atoms with Gasteiger partial charge < -0.3 is 23.9 Å². The van der Waals surface area contributed by atoms with Gasteiger partial charge in [0.25, 0.3) is 0 Å². The number of ether oxygens (including phenoxy) is 1. The van der Waals surface area contributed by atoms with Crippen LogP contribution < -0.4 is 15.6 Å². The summed E-state index contributed by atoms with van der Waals surface area (Å²) in [7, 11) is 0. The molecule has 31 heavy (non-hydrogen) atoms. The maximum absolute atomic E-state index is 12.8. The fraction of sp³-hybridized carbons (Fsp3) is 0.429. The molecule has 1 aromatic carbocycles. The first kappa shape index (κ1) is 19.6. The van der Waals surface area contributed by atoms with Crippen LogP contribution in [0, 0.1) is 0 Å². The first-order valence-corrected chi connectivity index (χ1v) is 10.5. The summed E-state index contributed by atoms with van der Waals surface area (Å²) in [6.07, 6.45) is 1.78. The molecule has 1 amide bonds. The van der Waals surface area contributed by atoms with Crippen molar-refractivity contribution in [3.8, 4) is 0 Å². The summed E-state index contributed by atoms with van der Waals surface area (Å²) in [5, 5.41) is 8.47. The fourth-order valence-corrected chi connectivity index (χ4v) is 4.08. The fourth-order valence-electron chi connectivity index (χ4n) is 4.08. The second-order valence-corrected chi connectivity index (χ2v) is 7.66. The predicted octanol–water partition coefficient (Wildman–Crippen LogP) is 0.570. The largest absolute Gasteiger partial charge is 0.420 e. The molecule has 0 aliphatic carbocycles. The van der Waals surface area contributed by atoms with E-state index in [1.165, 1.54) is 4.57 Å². The van der Waals surface area contributed by atoms with Crippen molar-refractivity contribution in [3.63, 3.8) is 0 Å². The quantitative estimate of drug-likeness (QED) is 0.600. The van der Waals surface area contributed by atoms with Crippen LogP contribution in [-0.2, 0) is 16.1 Å². The molecule has 5 rings (SSSR count). The number of benzene rings is 1. The van der Waals surface area contributed by atoms with E-state index in [9.17, 15) is 9.59 Å². The highest BCUT2D eigenvalue weighted by Gasteiger charge is 2.24. The van der Waals surface area contributed by atoms with E-state index in [4.69, 9.17) is 9.15 Å². The molecule has 10 nitrogen and oxygen atoms in total. The van der Waals surface area contributed by atoms with Crippen molar-refractivity contribution in [1.29, 1.82) is 0 Å². The van der Waals surface area contributed by atoms with Crippen molar-refractivity contribution in [2.75, 3.05) is 62.3 Å². The molecular formula is C21H24N6O4. The summed E-state index contributed by atoms with van der Waals surface area (Å²) in [5.74, 6) is 0.206. The molecule has 0 atom stereocenters. The molecule has 0 N–H and O–H groups in total. The third kappa shape index (κ3) is 3.98. The van der Waals surface area contributed by atoms with Gasteiger partial charge in [0.05, 0.1) is 30.6 Å². The van der Waals surface area contributed by atoms with Gasteiger partial charge in [0.1, 0.15) is 6.54 Å². The molecule has 0 bridgehead atoms. The Labute approximate surface area is 178 Å². The van der Waals surface area contributed by atoms with E-state index in [1.807, 2.05) is 12.1 Å². The zero-order valence-electron chi connectivity index (χ0n) is 17.1. The van der Waals surface area contributed by atoms with Crippen molar-refractivity contribution in [1.82, 2.24) is 19.7 Å². The molecule has 10 heteroatoms. The van der Waals surface area contributed by atoms with Crippen molar-refractivity contribution in [3.05, 3.63) is 47.1 Å².